The van der Waals surface area contributed by atoms with Gasteiger partial charge in [-0.2, -0.15) is 0 Å². The Kier molecular flexibility index (Phi) is 8.18. The maximum atomic E-state index is 14.7. The number of oxime groups is 1. The molecule has 0 bridgehead atoms. The van der Waals surface area contributed by atoms with Crippen molar-refractivity contribution in [2.45, 2.75) is 24.5 Å². The Bertz CT molecular complexity index is 1990. The van der Waals surface area contributed by atoms with Crippen molar-refractivity contribution in [1.29, 1.82) is 5.41 Å². The van der Waals surface area contributed by atoms with Crippen molar-refractivity contribution < 1.29 is 33.3 Å². The second-order valence-corrected chi connectivity index (χ2v) is 12.4. The fourth-order valence-electron chi connectivity index (χ4n) is 5.38. The number of thiazole rings is 1. The lowest BCUT2D eigenvalue weighted by atomic mass is 10.0. The lowest BCUT2D eigenvalue weighted by molar-refractivity contribution is -0.687. The molecule has 1 fully saturated rings. The summed E-state index contributed by atoms with van der Waals surface area (Å²) in [6.07, 6.45) is 5.48. The number of carbonyl (C=O) groups excluding carboxylic acids is 2. The Morgan fingerprint density at radius 2 is 2.13 bits per heavy atom. The van der Waals surface area contributed by atoms with E-state index in [4.69, 9.17) is 21.7 Å². The van der Waals surface area contributed by atoms with E-state index in [0.717, 1.165) is 22.2 Å². The molecule has 1 aromatic carbocycles. The molecule has 6 rings (SSSR count). The van der Waals surface area contributed by atoms with E-state index in [1.807, 2.05) is 33.7 Å². The van der Waals surface area contributed by atoms with Crippen LogP contribution >= 0.6 is 23.1 Å². The molecule has 0 saturated carbocycles. The molecule has 0 radical (unpaired) electrons. The van der Waals surface area contributed by atoms with E-state index in [1.165, 1.54) is 35.2 Å². The number of nitrogens with zero attached hydrogens (tertiary/aromatic N) is 5. The molecule has 1 saturated heterocycles. The number of fused-ring (bicyclic) bond motifs is 2. The number of anilines is 1. The van der Waals surface area contributed by atoms with E-state index >= 15 is 0 Å². The number of aliphatic carboxylic acids is 1. The molecule has 0 unspecified atom stereocenters. The fraction of sp³-hybridized carbons (Fsp3) is 0.207. The van der Waals surface area contributed by atoms with Crippen LogP contribution in [0, 0.1) is 11.2 Å². The van der Waals surface area contributed by atoms with Crippen LogP contribution in [0.1, 0.15) is 16.8 Å². The SMILES string of the molecule is CO/N=C(\C(=O)N[C@@H]1C(=O)N2C(C(=O)O)=C(C[n+]3ccc4c(ccn4Cc4ccc(C(=N)N)cc4F)c3)CS[C@H]12)c1csc(N)n1. The van der Waals surface area contributed by atoms with Crippen LogP contribution in [0.4, 0.5) is 9.52 Å². The average Bonchev–Trinajstić information content (AvgIpc) is 3.64. The summed E-state index contributed by atoms with van der Waals surface area (Å²) >= 11 is 2.46. The van der Waals surface area contributed by atoms with Crippen molar-refractivity contribution in [2.24, 2.45) is 10.9 Å². The number of aromatic nitrogens is 3. The number of thioether (sulfide) groups is 1. The molecule has 2 aliphatic rings. The average molecular weight is 665 g/mol. The van der Waals surface area contributed by atoms with Crippen molar-refractivity contribution in [1.82, 2.24) is 19.8 Å². The summed E-state index contributed by atoms with van der Waals surface area (Å²) in [6, 6.07) is 7.20. The summed E-state index contributed by atoms with van der Waals surface area (Å²) < 4.78 is 18.4. The first-order valence-corrected chi connectivity index (χ1v) is 15.6. The first-order chi connectivity index (χ1) is 22.0. The molecule has 2 aliphatic heterocycles. The second kappa shape index (κ2) is 12.2. The van der Waals surface area contributed by atoms with E-state index in [0.29, 0.717) is 22.5 Å². The minimum atomic E-state index is -1.25. The number of nitrogen functional groups attached to an aromatic ring is 2. The smallest absolute Gasteiger partial charge is 0.352 e. The van der Waals surface area contributed by atoms with Gasteiger partial charge < -0.3 is 31.3 Å². The molecular weight excluding hydrogens is 638 g/mol. The first kappa shape index (κ1) is 30.7. The molecule has 5 heterocycles. The minimum absolute atomic E-state index is 0.119. The van der Waals surface area contributed by atoms with Gasteiger partial charge in [-0.25, -0.2) is 18.7 Å². The number of amides is 2. The monoisotopic (exact) mass is 664 g/mol. The van der Waals surface area contributed by atoms with E-state index in [2.05, 4.69) is 15.5 Å². The van der Waals surface area contributed by atoms with Crippen LogP contribution in [0.2, 0.25) is 0 Å². The highest BCUT2D eigenvalue weighted by molar-refractivity contribution is 8.00. The minimum Gasteiger partial charge on any atom is -0.477 e. The van der Waals surface area contributed by atoms with E-state index in [-0.39, 0.29) is 41.2 Å². The fourth-order valence-corrected chi connectivity index (χ4v) is 7.26. The summed E-state index contributed by atoms with van der Waals surface area (Å²) in [6.45, 7) is 0.468. The van der Waals surface area contributed by atoms with Crippen molar-refractivity contribution in [2.75, 3.05) is 18.6 Å². The lowest BCUT2D eigenvalue weighted by Crippen LogP contribution is -2.71. The van der Waals surface area contributed by atoms with Gasteiger partial charge in [-0.1, -0.05) is 17.3 Å². The van der Waals surface area contributed by atoms with Gasteiger partial charge in [0.2, 0.25) is 0 Å². The van der Waals surface area contributed by atoms with Gasteiger partial charge in [-0.3, -0.25) is 19.9 Å². The number of hydrogen-bond donors (Lipinski definition) is 5. The van der Waals surface area contributed by atoms with Crippen LogP contribution in [0.3, 0.4) is 0 Å². The third-order valence-corrected chi connectivity index (χ3v) is 9.56. The highest BCUT2D eigenvalue weighted by Gasteiger charge is 2.54. The predicted molar refractivity (Wildman–Crippen MR) is 168 cm³/mol. The molecule has 7 N–H and O–H groups in total. The maximum absolute atomic E-state index is 14.7. The Labute approximate surface area is 268 Å². The van der Waals surface area contributed by atoms with Crippen molar-refractivity contribution >= 4 is 68.5 Å². The van der Waals surface area contributed by atoms with Gasteiger partial charge in [-0.15, -0.1) is 23.1 Å². The zero-order valence-electron chi connectivity index (χ0n) is 24.1. The maximum Gasteiger partial charge on any atom is 0.352 e. The van der Waals surface area contributed by atoms with Gasteiger partial charge in [0, 0.05) is 40.1 Å². The highest BCUT2D eigenvalue weighted by atomic mass is 32.2. The van der Waals surface area contributed by atoms with Crippen LogP contribution < -0.4 is 21.4 Å². The standard InChI is InChI=1S/C29H26FN9O5S2/c1-44-36-21(19-13-46-29(33)34-19)25(40)35-22-26(41)39-23(28(42)43)17(12-45-27(22)39)10-37-6-5-20-16(9-37)4-7-38(20)11-15-3-2-14(24(31)32)8-18(15)30/h2-9,13,22,27H,10-12H2,1H3,(H6-,31,32,33,34,35,40,42,43)/p+1/b36-21-/t22-,27-/m1/s1. The molecule has 3 aromatic heterocycles. The summed E-state index contributed by atoms with van der Waals surface area (Å²) in [5.41, 5.74) is 13.2. The summed E-state index contributed by atoms with van der Waals surface area (Å²) in [5, 5.41) is 26.0. The van der Waals surface area contributed by atoms with E-state index in [9.17, 15) is 23.9 Å². The summed E-state index contributed by atoms with van der Waals surface area (Å²) in [5.74, 6) is -2.87. The van der Waals surface area contributed by atoms with Gasteiger partial charge in [0.05, 0.1) is 17.4 Å². The van der Waals surface area contributed by atoms with Crippen molar-refractivity contribution in [3.05, 3.63) is 88.2 Å². The number of rotatable bonds is 10. The number of hydrogen-bond acceptors (Lipinski definition) is 10. The van der Waals surface area contributed by atoms with Gasteiger partial charge in [0.1, 0.15) is 41.6 Å². The lowest BCUT2D eigenvalue weighted by Gasteiger charge is -2.49. The van der Waals surface area contributed by atoms with Crippen LogP contribution in [0.25, 0.3) is 10.9 Å². The predicted octanol–water partition coefficient (Wildman–Crippen LogP) is 1.23. The summed E-state index contributed by atoms with van der Waals surface area (Å²) in [4.78, 5) is 48.7. The molecule has 14 nitrogen and oxygen atoms in total. The topological polar surface area (TPSA) is 206 Å². The Morgan fingerprint density at radius 1 is 1.33 bits per heavy atom. The normalized spacial score (nSPS) is 17.9. The van der Waals surface area contributed by atoms with Crippen molar-refractivity contribution in [3.63, 3.8) is 0 Å². The number of β-lactam (4-membered cyclic amide) rings is 1. The summed E-state index contributed by atoms with van der Waals surface area (Å²) in [7, 11) is 1.27. The third-order valence-electron chi connectivity index (χ3n) is 7.54. The van der Waals surface area contributed by atoms with Gasteiger partial charge in [0.15, 0.2) is 29.8 Å². The Hall–Kier alpha value is -5.29. The molecule has 0 aliphatic carbocycles. The molecular formula is C29H27FN9O5S2+. The molecule has 236 valence electrons. The molecule has 0 spiro atoms. The van der Waals surface area contributed by atoms with Crippen molar-refractivity contribution in [3.8, 4) is 0 Å². The van der Waals surface area contributed by atoms with E-state index < -0.39 is 35.0 Å². The van der Waals surface area contributed by atoms with Gasteiger partial charge in [-0.05, 0) is 12.1 Å². The number of halogens is 1. The Morgan fingerprint density at radius 3 is 2.80 bits per heavy atom. The van der Waals surface area contributed by atoms with Gasteiger partial charge >= 0.3 is 5.97 Å². The quantitative estimate of drug-likeness (QED) is 0.0543. The number of carbonyl (C=O) groups is 3. The molecule has 17 heteroatoms. The number of amidine groups is 1. The van der Waals surface area contributed by atoms with Crippen LogP contribution in [0.5, 0.6) is 0 Å². The zero-order chi connectivity index (χ0) is 32.7. The molecule has 4 aromatic rings. The number of nitrogens with one attached hydrogen (secondary N) is 2. The number of benzene rings is 1. The van der Waals surface area contributed by atoms with Crippen LogP contribution in [0.15, 0.2) is 70.7 Å². The van der Waals surface area contributed by atoms with Crippen LogP contribution in [-0.4, -0.2) is 73.2 Å². The number of carboxylic acids is 1. The second-order valence-electron chi connectivity index (χ2n) is 10.4. The van der Waals surface area contributed by atoms with Gasteiger partial charge in [0.25, 0.3) is 11.8 Å². The number of pyridine rings is 1. The first-order valence-electron chi connectivity index (χ1n) is 13.7. The van der Waals surface area contributed by atoms with Crippen LogP contribution in [-0.2, 0) is 32.3 Å². The number of carboxylic acid groups (broad SMARTS) is 1. The molecule has 2 atom stereocenters. The highest BCUT2D eigenvalue weighted by Crippen LogP contribution is 2.40. The number of nitrogens with two attached hydrogens (primary N) is 2. The van der Waals surface area contributed by atoms with E-state index in [1.54, 1.807) is 18.3 Å². The third kappa shape index (κ3) is 5.65. The molecule has 46 heavy (non-hydrogen) atoms. The Balaban J connectivity index is 1.18. The molecule has 2 amide bonds. The zero-order valence-corrected chi connectivity index (χ0v) is 25.8. The largest absolute Gasteiger partial charge is 0.477 e.